The van der Waals surface area contributed by atoms with Gasteiger partial charge in [0, 0.05) is 55.2 Å². The van der Waals surface area contributed by atoms with E-state index in [1.807, 2.05) is 88.3 Å². The molecule has 0 radical (unpaired) electrons. The van der Waals surface area contributed by atoms with E-state index in [1.54, 1.807) is 25.5 Å². The lowest BCUT2D eigenvalue weighted by molar-refractivity contribution is 0.0767. The minimum absolute atomic E-state index is 0.0102. The van der Waals surface area contributed by atoms with Crippen LogP contribution in [0.4, 0.5) is 0 Å². The van der Waals surface area contributed by atoms with E-state index >= 15 is 0 Å². The average Bonchev–Trinajstić information content (AvgIpc) is 3.56. The summed E-state index contributed by atoms with van der Waals surface area (Å²) in [5, 5.41) is 5.23. The Morgan fingerprint density at radius 2 is 1.24 bits per heavy atom. The van der Waals surface area contributed by atoms with E-state index in [2.05, 4.69) is 24.7 Å². The van der Waals surface area contributed by atoms with Gasteiger partial charge in [-0.25, -0.2) is 9.97 Å². The van der Waals surface area contributed by atoms with Crippen molar-refractivity contribution in [2.45, 2.75) is 13.3 Å². The highest BCUT2D eigenvalue weighted by atomic mass is 16.2. The third-order valence-corrected chi connectivity index (χ3v) is 8.58. The standard InChI is InChI=1S/C20H19N5O.C16H11N3O/c26-20(24-10-3-7-21-9-11-24)15-12-14-13-22-8-6-17(14)25-18-5-2-1-4-16(18)23-19(15)25;1-10(20)12-8-11-9-17-7-6-14(11)19-15-5-3-2-4-13(15)18-16(12)19/h1-2,4-6,8,12-13,21H,3,7,9-11H2;2-9H,1H3. The smallest absolute Gasteiger partial charge is 0.257 e. The molecule has 0 saturated carbocycles. The summed E-state index contributed by atoms with van der Waals surface area (Å²) in [6.45, 7) is 4.83. The number of para-hydroxylation sites is 4. The van der Waals surface area contributed by atoms with Gasteiger partial charge in [-0.2, -0.15) is 0 Å². The first-order chi connectivity index (χ1) is 22.6. The number of aromatic nitrogens is 6. The molecule has 10 heteroatoms. The zero-order chi connectivity index (χ0) is 31.2. The van der Waals surface area contributed by atoms with Crippen molar-refractivity contribution < 1.29 is 9.59 Å². The number of imidazole rings is 2. The molecule has 1 amide bonds. The topological polar surface area (TPSA) is 110 Å². The maximum Gasteiger partial charge on any atom is 0.257 e. The van der Waals surface area contributed by atoms with Crippen LogP contribution in [0.15, 0.2) is 97.6 Å². The minimum atomic E-state index is 0.0102. The molecule has 0 bridgehead atoms. The molecule has 1 aliphatic heterocycles. The Kier molecular flexibility index (Phi) is 6.84. The van der Waals surface area contributed by atoms with Gasteiger partial charge in [-0.1, -0.05) is 24.3 Å². The molecule has 0 spiro atoms. The number of ketones is 1. The van der Waals surface area contributed by atoms with E-state index in [1.165, 1.54) is 0 Å². The maximum atomic E-state index is 13.3. The largest absolute Gasteiger partial charge is 0.337 e. The van der Waals surface area contributed by atoms with Crippen molar-refractivity contribution in [3.05, 3.63) is 109 Å². The SMILES string of the molecule is CC(=O)c1cc2cnccc2n2c1nc1ccccc12.O=C(c1cc2cnccc2n2c1nc1ccccc12)N1CCCNCC1. The summed E-state index contributed by atoms with van der Waals surface area (Å²) in [7, 11) is 0. The number of hydrogen-bond acceptors (Lipinski definition) is 7. The quantitative estimate of drug-likeness (QED) is 0.251. The highest BCUT2D eigenvalue weighted by Gasteiger charge is 2.23. The summed E-state index contributed by atoms with van der Waals surface area (Å²) < 4.78 is 4.11. The number of benzene rings is 2. The molecule has 0 atom stereocenters. The molecule has 0 aliphatic carbocycles. The number of nitrogens with one attached hydrogen (secondary N) is 1. The van der Waals surface area contributed by atoms with E-state index in [0.717, 1.165) is 76.5 Å². The van der Waals surface area contributed by atoms with Gasteiger partial charge in [-0.3, -0.25) is 28.4 Å². The Hall–Kier alpha value is -5.74. The molecule has 226 valence electrons. The lowest BCUT2D eigenvalue weighted by atomic mass is 10.1. The Labute approximate surface area is 263 Å². The van der Waals surface area contributed by atoms with Crippen LogP contribution in [0.2, 0.25) is 0 Å². The molecule has 8 aromatic rings. The molecule has 9 rings (SSSR count). The van der Waals surface area contributed by atoms with E-state index in [9.17, 15) is 9.59 Å². The van der Waals surface area contributed by atoms with Crippen LogP contribution in [-0.2, 0) is 0 Å². The van der Waals surface area contributed by atoms with Crippen molar-refractivity contribution in [2.24, 2.45) is 0 Å². The number of nitrogens with zero attached hydrogens (tertiary/aromatic N) is 7. The van der Waals surface area contributed by atoms with Crippen molar-refractivity contribution in [1.82, 2.24) is 39.0 Å². The molecule has 1 aliphatic rings. The fourth-order valence-electron chi connectivity index (χ4n) is 6.41. The molecule has 0 unspecified atom stereocenters. The van der Waals surface area contributed by atoms with E-state index in [4.69, 9.17) is 4.98 Å². The number of hydrogen-bond donors (Lipinski definition) is 1. The summed E-state index contributed by atoms with van der Waals surface area (Å²) in [4.78, 5) is 44.9. The molecule has 1 saturated heterocycles. The normalized spacial score (nSPS) is 13.8. The number of amides is 1. The summed E-state index contributed by atoms with van der Waals surface area (Å²) in [5.41, 5.74) is 8.50. The number of Topliss-reactive ketones (excluding diaryl/α,β-unsaturated/α-hetero) is 1. The Morgan fingerprint density at radius 1 is 0.674 bits per heavy atom. The fourth-order valence-corrected chi connectivity index (χ4v) is 6.41. The first kappa shape index (κ1) is 27.8. The van der Waals surface area contributed by atoms with Crippen LogP contribution in [0.25, 0.3) is 55.2 Å². The molecule has 1 fully saturated rings. The van der Waals surface area contributed by atoms with Crippen LogP contribution >= 0.6 is 0 Å². The molecule has 46 heavy (non-hydrogen) atoms. The van der Waals surface area contributed by atoms with Gasteiger partial charge in [-0.05, 0) is 68.4 Å². The summed E-state index contributed by atoms with van der Waals surface area (Å²) >= 11 is 0. The fraction of sp³-hybridized carbons (Fsp3) is 0.167. The summed E-state index contributed by atoms with van der Waals surface area (Å²) in [6.07, 6.45) is 8.08. The highest BCUT2D eigenvalue weighted by Crippen LogP contribution is 2.28. The average molecular weight is 607 g/mol. The second kappa shape index (κ2) is 11.3. The first-order valence-electron chi connectivity index (χ1n) is 15.4. The second-order valence-electron chi connectivity index (χ2n) is 11.5. The predicted molar refractivity (Wildman–Crippen MR) is 179 cm³/mol. The number of carbonyl (C=O) groups excluding carboxylic acids is 2. The Balaban J connectivity index is 0.000000140. The second-order valence-corrected chi connectivity index (χ2v) is 11.5. The molecule has 10 nitrogen and oxygen atoms in total. The van der Waals surface area contributed by atoms with Crippen LogP contribution in [0, 0.1) is 0 Å². The van der Waals surface area contributed by atoms with Gasteiger partial charge in [0.1, 0.15) is 5.65 Å². The Bertz CT molecular complexity index is 2450. The van der Waals surface area contributed by atoms with Gasteiger partial charge < -0.3 is 10.2 Å². The van der Waals surface area contributed by atoms with E-state index < -0.39 is 0 Å². The van der Waals surface area contributed by atoms with Crippen molar-refractivity contribution in [3.8, 4) is 0 Å². The predicted octanol–water partition coefficient (Wildman–Crippen LogP) is 5.71. The van der Waals surface area contributed by atoms with E-state index in [0.29, 0.717) is 22.4 Å². The number of rotatable bonds is 2. The molecule has 6 aromatic heterocycles. The lowest BCUT2D eigenvalue weighted by Gasteiger charge is -2.20. The molecular weight excluding hydrogens is 576 g/mol. The third kappa shape index (κ3) is 4.62. The summed E-state index contributed by atoms with van der Waals surface area (Å²) in [6, 6.07) is 23.6. The van der Waals surface area contributed by atoms with Crippen molar-refractivity contribution in [1.29, 1.82) is 0 Å². The molecule has 7 heterocycles. The monoisotopic (exact) mass is 606 g/mol. The molecule has 2 aromatic carbocycles. The first-order valence-corrected chi connectivity index (χ1v) is 15.4. The highest BCUT2D eigenvalue weighted by molar-refractivity contribution is 6.07. The number of fused-ring (bicyclic) bond motifs is 10. The van der Waals surface area contributed by atoms with E-state index in [-0.39, 0.29) is 11.7 Å². The number of pyridine rings is 4. The van der Waals surface area contributed by atoms with Crippen LogP contribution < -0.4 is 5.32 Å². The van der Waals surface area contributed by atoms with Crippen molar-refractivity contribution >= 4 is 66.9 Å². The summed E-state index contributed by atoms with van der Waals surface area (Å²) in [5.74, 6) is 0.0517. The van der Waals surface area contributed by atoms with Gasteiger partial charge in [0.2, 0.25) is 0 Å². The van der Waals surface area contributed by atoms with Gasteiger partial charge >= 0.3 is 0 Å². The van der Waals surface area contributed by atoms with Gasteiger partial charge in [-0.15, -0.1) is 0 Å². The lowest BCUT2D eigenvalue weighted by Crippen LogP contribution is -2.34. The van der Waals surface area contributed by atoms with Crippen LogP contribution in [0.3, 0.4) is 0 Å². The maximum absolute atomic E-state index is 13.3. The Morgan fingerprint density at radius 3 is 1.85 bits per heavy atom. The van der Waals surface area contributed by atoms with Crippen LogP contribution in [0.5, 0.6) is 0 Å². The van der Waals surface area contributed by atoms with Crippen LogP contribution in [0.1, 0.15) is 34.1 Å². The third-order valence-electron chi connectivity index (χ3n) is 8.58. The van der Waals surface area contributed by atoms with Crippen molar-refractivity contribution in [2.75, 3.05) is 26.2 Å². The molecular formula is C36H30N8O2. The van der Waals surface area contributed by atoms with Crippen LogP contribution in [-0.4, -0.2) is 71.5 Å². The zero-order valence-corrected chi connectivity index (χ0v) is 25.2. The zero-order valence-electron chi connectivity index (χ0n) is 25.2. The van der Waals surface area contributed by atoms with Gasteiger partial charge in [0.05, 0.1) is 44.2 Å². The van der Waals surface area contributed by atoms with Gasteiger partial charge in [0.25, 0.3) is 5.91 Å². The minimum Gasteiger partial charge on any atom is -0.337 e. The molecule has 1 N–H and O–H groups in total. The number of carbonyl (C=O) groups is 2. The van der Waals surface area contributed by atoms with Gasteiger partial charge in [0.15, 0.2) is 11.4 Å². The van der Waals surface area contributed by atoms with Crippen molar-refractivity contribution in [3.63, 3.8) is 0 Å².